The molecular weight excluding hydrogens is 426 g/mol. The van der Waals surface area contributed by atoms with Gasteiger partial charge in [-0.2, -0.15) is 0 Å². The van der Waals surface area contributed by atoms with Crippen molar-refractivity contribution in [2.45, 2.75) is 31.2 Å². The molecule has 34 heavy (non-hydrogen) atoms. The van der Waals surface area contributed by atoms with Gasteiger partial charge in [0.05, 0.1) is 13.0 Å². The van der Waals surface area contributed by atoms with Crippen LogP contribution < -0.4 is 16.2 Å². The van der Waals surface area contributed by atoms with Crippen LogP contribution in [-0.2, 0) is 16.0 Å². The molecule has 0 aromatic heterocycles. The molecule has 6 heteroatoms. The second-order valence-corrected chi connectivity index (χ2v) is 8.23. The zero-order chi connectivity index (χ0) is 24.3. The van der Waals surface area contributed by atoms with Gasteiger partial charge in [-0.1, -0.05) is 72.8 Å². The molecule has 3 aromatic carbocycles. The molecule has 0 aliphatic rings. The summed E-state index contributed by atoms with van der Waals surface area (Å²) in [6, 6.07) is 26.2. The number of hydrogen-bond acceptors (Lipinski definition) is 4. The lowest BCUT2D eigenvalue weighted by Gasteiger charge is -2.33. The fourth-order valence-corrected chi connectivity index (χ4v) is 4.16. The summed E-state index contributed by atoms with van der Waals surface area (Å²) in [7, 11) is 1.62. The molecule has 1 atom stereocenters. The van der Waals surface area contributed by atoms with E-state index in [1.807, 2.05) is 84.9 Å². The Morgan fingerprint density at radius 2 is 1.44 bits per heavy atom. The largest absolute Gasteiger partial charge is 0.497 e. The number of carbonyl (C=O) groups is 2. The lowest BCUT2D eigenvalue weighted by molar-refractivity contribution is -0.140. The van der Waals surface area contributed by atoms with Gasteiger partial charge in [-0.25, -0.2) is 0 Å². The highest BCUT2D eigenvalue weighted by atomic mass is 16.5. The molecule has 3 rings (SSSR count). The first-order valence-corrected chi connectivity index (χ1v) is 11.6. The molecular formula is C28H33N3O3. The minimum atomic E-state index is -0.732. The Hall–Kier alpha value is -3.64. The number of primary amides is 1. The number of methoxy groups -OCH3 is 1. The number of nitrogens with zero attached hydrogens (tertiary/aromatic N) is 1. The molecule has 2 amide bonds. The van der Waals surface area contributed by atoms with E-state index in [1.165, 1.54) is 0 Å². The van der Waals surface area contributed by atoms with Crippen molar-refractivity contribution in [2.75, 3.05) is 20.2 Å². The van der Waals surface area contributed by atoms with Crippen LogP contribution in [-0.4, -0.2) is 43.0 Å². The lowest BCUT2D eigenvalue weighted by Crippen LogP contribution is -2.50. The highest BCUT2D eigenvalue weighted by molar-refractivity contribution is 5.92. The molecule has 0 heterocycles. The first-order valence-electron chi connectivity index (χ1n) is 11.6. The Morgan fingerprint density at radius 3 is 1.91 bits per heavy atom. The number of carbonyl (C=O) groups excluding carboxylic acids is 2. The Labute approximate surface area is 201 Å². The molecule has 0 bridgehead atoms. The third-order valence-corrected chi connectivity index (χ3v) is 5.98. The highest BCUT2D eigenvalue weighted by Gasteiger charge is 2.33. The normalized spacial score (nSPS) is 11.7. The first kappa shape index (κ1) is 25.0. The second-order valence-electron chi connectivity index (χ2n) is 8.23. The zero-order valence-corrected chi connectivity index (χ0v) is 19.6. The molecule has 0 saturated carbocycles. The third-order valence-electron chi connectivity index (χ3n) is 5.98. The number of hydrogen-bond donors (Lipinski definition) is 2. The van der Waals surface area contributed by atoms with Crippen LogP contribution >= 0.6 is 0 Å². The smallest absolute Gasteiger partial charge is 0.240 e. The molecule has 0 radical (unpaired) electrons. The van der Waals surface area contributed by atoms with Gasteiger partial charge in [-0.05, 0) is 54.6 Å². The summed E-state index contributed by atoms with van der Waals surface area (Å²) < 4.78 is 5.24. The SMILES string of the molecule is COc1ccc(CCN(C(=O)C(c2ccccc2)c2ccccc2)[C@H](CCCN)C(N)=O)cc1. The Kier molecular flexibility index (Phi) is 9.23. The first-order chi connectivity index (χ1) is 16.5. The van der Waals surface area contributed by atoms with Crippen LogP contribution in [0.1, 0.15) is 35.4 Å². The van der Waals surface area contributed by atoms with Crippen molar-refractivity contribution in [3.63, 3.8) is 0 Å². The minimum absolute atomic E-state index is 0.147. The number of amides is 2. The number of nitrogens with two attached hydrogens (primary N) is 2. The van der Waals surface area contributed by atoms with Crippen LogP contribution in [0.4, 0.5) is 0 Å². The van der Waals surface area contributed by atoms with Crippen LogP contribution in [0.3, 0.4) is 0 Å². The van der Waals surface area contributed by atoms with Crippen LogP contribution in [0.2, 0.25) is 0 Å². The molecule has 0 saturated heterocycles. The van der Waals surface area contributed by atoms with E-state index < -0.39 is 17.9 Å². The third kappa shape index (κ3) is 6.45. The van der Waals surface area contributed by atoms with Gasteiger partial charge in [0.25, 0.3) is 0 Å². The topological polar surface area (TPSA) is 98.7 Å². The molecule has 6 nitrogen and oxygen atoms in total. The summed E-state index contributed by atoms with van der Waals surface area (Å²) in [6.07, 6.45) is 1.61. The summed E-state index contributed by atoms with van der Waals surface area (Å²) in [5, 5.41) is 0. The highest BCUT2D eigenvalue weighted by Crippen LogP contribution is 2.28. The van der Waals surface area contributed by atoms with Crippen molar-refractivity contribution in [3.8, 4) is 5.75 Å². The number of rotatable bonds is 12. The van der Waals surface area contributed by atoms with Gasteiger partial charge in [-0.15, -0.1) is 0 Å². The maximum atomic E-state index is 14.1. The Bertz CT molecular complexity index is 1000. The number of benzene rings is 3. The van der Waals surface area contributed by atoms with Gasteiger partial charge < -0.3 is 21.1 Å². The fourth-order valence-electron chi connectivity index (χ4n) is 4.16. The van der Waals surface area contributed by atoms with Crippen molar-refractivity contribution in [1.82, 2.24) is 4.90 Å². The second kappa shape index (κ2) is 12.6. The zero-order valence-electron chi connectivity index (χ0n) is 19.6. The van der Waals surface area contributed by atoms with E-state index in [4.69, 9.17) is 16.2 Å². The predicted octanol–water partition coefficient (Wildman–Crippen LogP) is 3.49. The lowest BCUT2D eigenvalue weighted by atomic mass is 9.89. The molecule has 0 aliphatic heterocycles. The van der Waals surface area contributed by atoms with Crippen LogP contribution in [0, 0.1) is 0 Å². The molecule has 0 unspecified atom stereocenters. The van der Waals surface area contributed by atoms with E-state index in [0.717, 1.165) is 22.4 Å². The van der Waals surface area contributed by atoms with E-state index >= 15 is 0 Å². The van der Waals surface area contributed by atoms with Crippen molar-refractivity contribution in [2.24, 2.45) is 11.5 Å². The fraction of sp³-hybridized carbons (Fsp3) is 0.286. The summed E-state index contributed by atoms with van der Waals surface area (Å²) in [5.41, 5.74) is 14.3. The molecule has 3 aromatic rings. The van der Waals surface area contributed by atoms with Gasteiger partial charge in [-0.3, -0.25) is 9.59 Å². The Morgan fingerprint density at radius 1 is 0.882 bits per heavy atom. The van der Waals surface area contributed by atoms with E-state index in [0.29, 0.717) is 32.4 Å². The standard InChI is InChI=1S/C28H33N3O3/c1-34-24-16-14-21(15-17-24)18-20-31(25(27(30)32)13-8-19-29)28(33)26(22-9-4-2-5-10-22)23-11-6-3-7-12-23/h2-7,9-12,14-17,25-26H,8,13,18-20,29H2,1H3,(H2,30,32)/t25-/m1/s1. The van der Waals surface area contributed by atoms with E-state index in [9.17, 15) is 9.59 Å². The van der Waals surface area contributed by atoms with Crippen LogP contribution in [0.25, 0.3) is 0 Å². The van der Waals surface area contributed by atoms with Crippen molar-refractivity contribution < 1.29 is 14.3 Å². The van der Waals surface area contributed by atoms with Gasteiger partial charge in [0.1, 0.15) is 11.8 Å². The summed E-state index contributed by atoms with van der Waals surface area (Å²) in [4.78, 5) is 28.3. The predicted molar refractivity (Wildman–Crippen MR) is 134 cm³/mol. The van der Waals surface area contributed by atoms with Crippen molar-refractivity contribution >= 4 is 11.8 Å². The van der Waals surface area contributed by atoms with E-state index in [-0.39, 0.29) is 5.91 Å². The van der Waals surface area contributed by atoms with Gasteiger partial charge in [0.2, 0.25) is 11.8 Å². The van der Waals surface area contributed by atoms with Crippen LogP contribution in [0.5, 0.6) is 5.75 Å². The van der Waals surface area contributed by atoms with E-state index in [1.54, 1.807) is 12.0 Å². The average molecular weight is 460 g/mol. The summed E-state index contributed by atoms with van der Waals surface area (Å²) in [5.74, 6) is -0.441. The quantitative estimate of drug-likeness (QED) is 0.433. The van der Waals surface area contributed by atoms with Crippen LogP contribution in [0.15, 0.2) is 84.9 Å². The number of ether oxygens (including phenoxy) is 1. The molecule has 0 spiro atoms. The molecule has 0 fully saturated rings. The maximum absolute atomic E-state index is 14.1. The summed E-state index contributed by atoms with van der Waals surface area (Å²) in [6.45, 7) is 0.782. The minimum Gasteiger partial charge on any atom is -0.497 e. The van der Waals surface area contributed by atoms with Gasteiger partial charge in [0, 0.05) is 6.54 Å². The van der Waals surface area contributed by atoms with Crippen molar-refractivity contribution in [1.29, 1.82) is 0 Å². The molecule has 178 valence electrons. The van der Waals surface area contributed by atoms with E-state index in [2.05, 4.69) is 0 Å². The van der Waals surface area contributed by atoms with Crippen molar-refractivity contribution in [3.05, 3.63) is 102 Å². The monoisotopic (exact) mass is 459 g/mol. The molecule has 0 aliphatic carbocycles. The van der Waals surface area contributed by atoms with Gasteiger partial charge in [0.15, 0.2) is 0 Å². The molecule has 4 N–H and O–H groups in total. The van der Waals surface area contributed by atoms with Gasteiger partial charge >= 0.3 is 0 Å². The maximum Gasteiger partial charge on any atom is 0.240 e. The summed E-state index contributed by atoms with van der Waals surface area (Å²) >= 11 is 0. The average Bonchev–Trinajstić information content (AvgIpc) is 2.87. The Balaban J connectivity index is 1.97.